The van der Waals surface area contributed by atoms with Crippen LogP contribution >= 0.6 is 0 Å². The minimum Gasteiger partial charge on any atom is -0.744 e. The van der Waals surface area contributed by atoms with E-state index >= 15 is 0 Å². The van der Waals surface area contributed by atoms with Crippen molar-refractivity contribution in [3.05, 3.63) is 119 Å². The van der Waals surface area contributed by atoms with Crippen LogP contribution in [0.4, 0.5) is 11.4 Å². The first-order chi connectivity index (χ1) is 27.0. The van der Waals surface area contributed by atoms with Crippen LogP contribution in [-0.4, -0.2) is 121 Å². The van der Waals surface area contributed by atoms with Crippen LogP contribution in [0.5, 0.6) is 0 Å². The quantitative estimate of drug-likeness (QED) is 0.167. The monoisotopic (exact) mass is 854 g/mol. The van der Waals surface area contributed by atoms with E-state index in [4.69, 9.17) is 0 Å². The summed E-state index contributed by atoms with van der Waals surface area (Å²) in [5, 5.41) is 0. The molecular weight excluding hydrogens is 793 g/mol. The first-order valence-electron chi connectivity index (χ1n) is 19.4. The minimum absolute atomic E-state index is 0. The van der Waals surface area contributed by atoms with Gasteiger partial charge in [-0.2, -0.15) is 0 Å². The number of benzene rings is 4. The van der Waals surface area contributed by atoms with Gasteiger partial charge in [0.1, 0.15) is 31.6 Å². The van der Waals surface area contributed by atoms with Gasteiger partial charge in [-0.15, -0.1) is 0 Å². The maximum absolute atomic E-state index is 12.3. The van der Waals surface area contributed by atoms with Crippen LogP contribution in [0.3, 0.4) is 0 Å². The average Bonchev–Trinajstić information content (AvgIpc) is 3.18. The molecule has 0 bridgehead atoms. The Morgan fingerprint density at radius 2 is 0.712 bits per heavy atom. The van der Waals surface area contributed by atoms with E-state index in [2.05, 4.69) is 66.6 Å². The fourth-order valence-corrected chi connectivity index (χ4v) is 7.01. The molecule has 0 radical (unpaired) electrons. The Hall–Kier alpha value is -4.48. The standard InChI is InChI=1S/2C15H23N2O.2C7H8O3S.H2O/c2*1-17(2,3)14-9-7-13(8-10-14)15(18)16-11-5-4-6-12-16;2*1-6-2-4-7(5-3-6)11(8,9)10;/h2*7-10H,4-6,11-12H2,1-3H3;2*2-5H,1H3,(H,8,9,10);1H2/q2*+1;;;/p-2. The molecule has 324 valence electrons. The predicted molar refractivity (Wildman–Crippen MR) is 233 cm³/mol. The van der Waals surface area contributed by atoms with Crippen molar-refractivity contribution >= 4 is 43.4 Å². The molecule has 2 aliphatic rings. The number of likely N-dealkylation sites (tertiary alicyclic amines) is 2. The Morgan fingerprint density at radius 1 is 0.458 bits per heavy atom. The van der Waals surface area contributed by atoms with Gasteiger partial charge in [0.05, 0.1) is 52.1 Å². The Morgan fingerprint density at radius 3 is 0.932 bits per heavy atom. The molecule has 2 saturated heterocycles. The molecule has 13 nitrogen and oxygen atoms in total. The molecule has 2 N–H and O–H groups in total. The van der Waals surface area contributed by atoms with E-state index in [1.165, 1.54) is 48.5 Å². The summed E-state index contributed by atoms with van der Waals surface area (Å²) in [7, 11) is 4.22. The second-order valence-electron chi connectivity index (χ2n) is 16.4. The lowest BCUT2D eigenvalue weighted by Gasteiger charge is -2.27. The summed E-state index contributed by atoms with van der Waals surface area (Å²) in [6.07, 6.45) is 7.07. The van der Waals surface area contributed by atoms with E-state index in [-0.39, 0.29) is 27.1 Å². The Labute approximate surface area is 351 Å². The van der Waals surface area contributed by atoms with Gasteiger partial charge in [0, 0.05) is 37.3 Å². The minimum atomic E-state index is -4.27. The topological polar surface area (TPSA) is 187 Å². The van der Waals surface area contributed by atoms with Gasteiger partial charge in [0.15, 0.2) is 0 Å². The van der Waals surface area contributed by atoms with Gasteiger partial charge in [0.2, 0.25) is 0 Å². The van der Waals surface area contributed by atoms with Gasteiger partial charge in [-0.1, -0.05) is 35.4 Å². The zero-order chi connectivity index (χ0) is 43.3. The molecule has 2 heterocycles. The van der Waals surface area contributed by atoms with Crippen LogP contribution in [0.1, 0.15) is 70.4 Å². The molecule has 0 aromatic heterocycles. The van der Waals surface area contributed by atoms with Crippen LogP contribution in [0.15, 0.2) is 107 Å². The van der Waals surface area contributed by atoms with Gasteiger partial charge < -0.3 is 24.4 Å². The Kier molecular flexibility index (Phi) is 19.1. The van der Waals surface area contributed by atoms with E-state index in [0.29, 0.717) is 0 Å². The third-order valence-corrected chi connectivity index (χ3v) is 11.4. The van der Waals surface area contributed by atoms with Crippen LogP contribution in [0.2, 0.25) is 0 Å². The summed E-state index contributed by atoms with van der Waals surface area (Å²) in [6, 6.07) is 27.6. The molecule has 0 saturated carbocycles. The smallest absolute Gasteiger partial charge is 0.253 e. The highest BCUT2D eigenvalue weighted by Crippen LogP contribution is 2.21. The number of nitrogens with zero attached hydrogens (tertiary/aromatic N) is 4. The Bertz CT molecular complexity index is 1980. The van der Waals surface area contributed by atoms with Gasteiger partial charge in [-0.25, -0.2) is 16.8 Å². The Balaban J connectivity index is 0.000000277. The van der Waals surface area contributed by atoms with Crippen molar-refractivity contribution in [2.24, 2.45) is 0 Å². The molecular formula is C44H62N4O9S2. The predicted octanol–water partition coefficient (Wildman–Crippen LogP) is 5.99. The molecule has 59 heavy (non-hydrogen) atoms. The molecule has 2 aliphatic heterocycles. The van der Waals surface area contributed by atoms with Crippen LogP contribution < -0.4 is 8.97 Å². The largest absolute Gasteiger partial charge is 0.744 e. The van der Waals surface area contributed by atoms with E-state index < -0.39 is 20.2 Å². The van der Waals surface area contributed by atoms with Gasteiger partial charge in [-0.3, -0.25) is 18.6 Å². The van der Waals surface area contributed by atoms with Crippen molar-refractivity contribution in [3.63, 3.8) is 0 Å². The highest BCUT2D eigenvalue weighted by molar-refractivity contribution is 7.86. The zero-order valence-corrected chi connectivity index (χ0v) is 37.3. The number of quaternary nitrogens is 2. The molecule has 2 amide bonds. The fraction of sp³-hybridized carbons (Fsp3) is 0.409. The summed E-state index contributed by atoms with van der Waals surface area (Å²) in [5.74, 6) is 0.366. The van der Waals surface area contributed by atoms with Crippen molar-refractivity contribution in [2.75, 3.05) is 68.5 Å². The number of piperidine rings is 2. The first-order valence-corrected chi connectivity index (χ1v) is 22.3. The fourth-order valence-electron chi connectivity index (χ4n) is 6.07. The summed E-state index contributed by atoms with van der Waals surface area (Å²) in [5.41, 5.74) is 5.91. The number of aryl methyl sites for hydroxylation is 2. The molecule has 6 rings (SSSR count). The zero-order valence-electron chi connectivity index (χ0n) is 35.7. The molecule has 0 spiro atoms. The highest BCUT2D eigenvalue weighted by atomic mass is 32.2. The summed E-state index contributed by atoms with van der Waals surface area (Å²) in [6.45, 7) is 7.29. The van der Waals surface area contributed by atoms with E-state index in [1.54, 1.807) is 24.3 Å². The van der Waals surface area contributed by atoms with Crippen LogP contribution in [0.25, 0.3) is 0 Å². The second kappa shape index (κ2) is 22.2. The van der Waals surface area contributed by atoms with E-state index in [9.17, 15) is 35.5 Å². The maximum atomic E-state index is 12.3. The van der Waals surface area contributed by atoms with Gasteiger partial charge in [-0.05, 0) is 125 Å². The molecule has 0 unspecified atom stereocenters. The lowest BCUT2D eigenvalue weighted by Crippen LogP contribution is -2.36. The van der Waals surface area contributed by atoms with Crippen LogP contribution in [-0.2, 0) is 20.2 Å². The SMILES string of the molecule is C[N+](C)(C)c1ccc(C(=O)N2CCCCC2)cc1.C[N+](C)(C)c1ccc(C(=O)N2CCCCC2)cc1.Cc1ccc(S(=O)(=O)[O-])cc1.Cc1ccc(S(=O)(=O)[O-])cc1.O. The normalized spacial score (nSPS) is 14.5. The highest BCUT2D eigenvalue weighted by Gasteiger charge is 2.21. The molecule has 2 fully saturated rings. The molecule has 0 atom stereocenters. The van der Waals surface area contributed by atoms with Crippen molar-refractivity contribution in [1.29, 1.82) is 0 Å². The van der Waals surface area contributed by atoms with E-state index in [1.807, 2.05) is 47.9 Å². The number of hydrogen-bond acceptors (Lipinski definition) is 8. The van der Waals surface area contributed by atoms with Gasteiger partial charge in [0.25, 0.3) is 11.8 Å². The lowest BCUT2D eigenvalue weighted by atomic mass is 10.1. The molecule has 15 heteroatoms. The maximum Gasteiger partial charge on any atom is 0.253 e. The number of rotatable bonds is 6. The molecule has 4 aromatic rings. The molecule has 0 aliphatic carbocycles. The number of carbonyl (C=O) groups is 2. The van der Waals surface area contributed by atoms with Gasteiger partial charge >= 0.3 is 0 Å². The summed E-state index contributed by atoms with van der Waals surface area (Å²) in [4.78, 5) is 28.2. The summed E-state index contributed by atoms with van der Waals surface area (Å²) >= 11 is 0. The second-order valence-corrected chi connectivity index (χ2v) is 19.1. The van der Waals surface area contributed by atoms with Crippen molar-refractivity contribution in [3.8, 4) is 0 Å². The molecule has 4 aromatic carbocycles. The number of carbonyl (C=O) groups excluding carboxylic acids is 2. The first kappa shape index (κ1) is 50.7. The lowest BCUT2D eigenvalue weighted by molar-refractivity contribution is 0.0717. The van der Waals surface area contributed by atoms with Crippen molar-refractivity contribution in [1.82, 2.24) is 18.8 Å². The average molecular weight is 855 g/mol. The number of amides is 2. The van der Waals surface area contributed by atoms with Crippen molar-refractivity contribution < 1.29 is 41.0 Å². The van der Waals surface area contributed by atoms with Crippen LogP contribution in [0, 0.1) is 13.8 Å². The number of hydrogen-bond donors (Lipinski definition) is 0. The third kappa shape index (κ3) is 17.0. The third-order valence-electron chi connectivity index (χ3n) is 9.68. The summed E-state index contributed by atoms with van der Waals surface area (Å²) < 4.78 is 63.9. The van der Waals surface area contributed by atoms with E-state index in [0.717, 1.165) is 83.1 Å². The van der Waals surface area contributed by atoms with Crippen molar-refractivity contribution in [2.45, 2.75) is 62.2 Å².